The maximum atomic E-state index is 5.12. The molecule has 0 aliphatic heterocycles. The predicted molar refractivity (Wildman–Crippen MR) is 45.7 cm³/mol. The highest BCUT2D eigenvalue weighted by Gasteiger charge is 1.86. The summed E-state index contributed by atoms with van der Waals surface area (Å²) in [6.07, 6.45) is 0. The van der Waals surface area contributed by atoms with Crippen molar-refractivity contribution in [3.63, 3.8) is 0 Å². The Morgan fingerprint density at radius 1 is 0.917 bits per heavy atom. The van der Waals surface area contributed by atoms with Crippen LogP contribution < -0.4 is 10.6 Å². The van der Waals surface area contributed by atoms with Gasteiger partial charge in [0, 0.05) is 20.8 Å². The molecule has 0 spiro atoms. The molecule has 0 amide bonds. The molecule has 0 aromatic rings. The van der Waals surface area contributed by atoms with E-state index in [0.29, 0.717) is 26.8 Å². The lowest BCUT2D eigenvalue weighted by atomic mass is 10.7. The van der Waals surface area contributed by atoms with Crippen LogP contribution in [0.15, 0.2) is 0 Å². The third kappa shape index (κ3) is 9.80. The van der Waals surface area contributed by atoms with Crippen molar-refractivity contribution in [3.05, 3.63) is 0 Å². The molecule has 0 aromatic heterocycles. The molecule has 0 radical (unpaired) electrons. The SMILES string of the molecule is COCCNCOCNCOC. The molecule has 0 unspecified atom stereocenters. The van der Waals surface area contributed by atoms with Gasteiger partial charge in [-0.1, -0.05) is 0 Å². The van der Waals surface area contributed by atoms with Crippen molar-refractivity contribution in [3.8, 4) is 0 Å². The van der Waals surface area contributed by atoms with Gasteiger partial charge < -0.3 is 14.2 Å². The normalized spacial score (nSPS) is 10.5. The molecule has 0 aliphatic carbocycles. The van der Waals surface area contributed by atoms with Gasteiger partial charge in [0.15, 0.2) is 0 Å². The van der Waals surface area contributed by atoms with E-state index in [2.05, 4.69) is 10.6 Å². The largest absolute Gasteiger partial charge is 0.383 e. The van der Waals surface area contributed by atoms with Gasteiger partial charge in [-0.2, -0.15) is 0 Å². The zero-order valence-electron chi connectivity index (χ0n) is 7.76. The van der Waals surface area contributed by atoms with Gasteiger partial charge in [-0.05, 0) is 0 Å². The average molecular weight is 178 g/mol. The van der Waals surface area contributed by atoms with E-state index in [4.69, 9.17) is 14.2 Å². The van der Waals surface area contributed by atoms with Crippen LogP contribution in [0.3, 0.4) is 0 Å². The smallest absolute Gasteiger partial charge is 0.1000 e. The molecule has 2 N–H and O–H groups in total. The second kappa shape index (κ2) is 10.8. The van der Waals surface area contributed by atoms with E-state index >= 15 is 0 Å². The van der Waals surface area contributed by atoms with Crippen LogP contribution in [0.25, 0.3) is 0 Å². The fourth-order valence-corrected chi connectivity index (χ4v) is 0.585. The minimum Gasteiger partial charge on any atom is -0.383 e. The second-order valence-electron chi connectivity index (χ2n) is 2.17. The Bertz CT molecular complexity index is 73.1. The third-order valence-corrected chi connectivity index (χ3v) is 1.14. The summed E-state index contributed by atoms with van der Waals surface area (Å²) in [5.41, 5.74) is 0. The zero-order chi connectivity index (χ0) is 9.07. The molecule has 0 rings (SSSR count). The number of hydrogen-bond donors (Lipinski definition) is 2. The molecule has 5 nitrogen and oxygen atoms in total. The highest BCUT2D eigenvalue weighted by atomic mass is 16.5. The van der Waals surface area contributed by atoms with E-state index in [1.165, 1.54) is 0 Å². The highest BCUT2D eigenvalue weighted by molar-refractivity contribution is 4.36. The number of ether oxygens (including phenoxy) is 3. The van der Waals surface area contributed by atoms with Crippen molar-refractivity contribution in [1.29, 1.82) is 0 Å². The van der Waals surface area contributed by atoms with Crippen molar-refractivity contribution >= 4 is 0 Å². The Morgan fingerprint density at radius 2 is 1.67 bits per heavy atom. The third-order valence-electron chi connectivity index (χ3n) is 1.14. The Hall–Kier alpha value is -0.200. The Balaban J connectivity index is 2.73. The Kier molecular flexibility index (Phi) is 10.6. The summed E-state index contributed by atoms with van der Waals surface area (Å²) >= 11 is 0. The van der Waals surface area contributed by atoms with Crippen molar-refractivity contribution in [1.82, 2.24) is 10.6 Å². The number of hydrogen-bond acceptors (Lipinski definition) is 5. The van der Waals surface area contributed by atoms with Crippen LogP contribution in [-0.2, 0) is 14.2 Å². The summed E-state index contributed by atoms with van der Waals surface area (Å²) in [5, 5.41) is 5.95. The molecule has 0 fully saturated rings. The number of nitrogens with one attached hydrogen (secondary N) is 2. The lowest BCUT2D eigenvalue weighted by Crippen LogP contribution is -2.27. The van der Waals surface area contributed by atoms with Gasteiger partial charge >= 0.3 is 0 Å². The average Bonchev–Trinajstić information content (AvgIpc) is 2.10. The quantitative estimate of drug-likeness (QED) is 0.363. The number of methoxy groups -OCH3 is 2. The van der Waals surface area contributed by atoms with Crippen LogP contribution in [0.5, 0.6) is 0 Å². The van der Waals surface area contributed by atoms with Gasteiger partial charge in [0.25, 0.3) is 0 Å². The van der Waals surface area contributed by atoms with Gasteiger partial charge in [-0.3, -0.25) is 10.6 Å². The van der Waals surface area contributed by atoms with E-state index in [1.807, 2.05) is 0 Å². The standard InChI is InChI=1S/C7H18N2O3/c1-10-4-3-8-6-12-7-9-5-11-2/h8-9H,3-7H2,1-2H3. The minimum atomic E-state index is 0.494. The molecular weight excluding hydrogens is 160 g/mol. The molecule has 0 bridgehead atoms. The lowest BCUT2D eigenvalue weighted by Gasteiger charge is -2.06. The lowest BCUT2D eigenvalue weighted by molar-refractivity contribution is 0.0652. The summed E-state index contributed by atoms with van der Waals surface area (Å²) < 4.78 is 14.7. The van der Waals surface area contributed by atoms with Gasteiger partial charge in [0.2, 0.25) is 0 Å². The molecule has 0 aliphatic rings. The summed E-state index contributed by atoms with van der Waals surface area (Å²) in [6.45, 7) is 3.04. The van der Waals surface area contributed by atoms with E-state index in [0.717, 1.165) is 6.54 Å². The molecule has 0 aromatic carbocycles. The Morgan fingerprint density at radius 3 is 2.33 bits per heavy atom. The first-order valence-electron chi connectivity index (χ1n) is 3.89. The van der Waals surface area contributed by atoms with Crippen molar-refractivity contribution in [2.45, 2.75) is 0 Å². The summed E-state index contributed by atoms with van der Waals surface area (Å²) in [7, 11) is 3.30. The van der Waals surface area contributed by atoms with E-state index in [9.17, 15) is 0 Å². The summed E-state index contributed by atoms with van der Waals surface area (Å²) in [4.78, 5) is 0. The van der Waals surface area contributed by atoms with Crippen LogP contribution in [0.2, 0.25) is 0 Å². The number of rotatable bonds is 9. The van der Waals surface area contributed by atoms with Crippen LogP contribution in [0.4, 0.5) is 0 Å². The summed E-state index contributed by atoms with van der Waals surface area (Å²) in [6, 6.07) is 0. The monoisotopic (exact) mass is 178 g/mol. The summed E-state index contributed by atoms with van der Waals surface area (Å²) in [5.74, 6) is 0. The first kappa shape index (κ1) is 11.8. The van der Waals surface area contributed by atoms with Gasteiger partial charge in [0.05, 0.1) is 26.8 Å². The minimum absolute atomic E-state index is 0.494. The van der Waals surface area contributed by atoms with Crippen LogP contribution in [0, 0.1) is 0 Å². The first-order chi connectivity index (χ1) is 5.91. The highest BCUT2D eigenvalue weighted by Crippen LogP contribution is 1.68. The van der Waals surface area contributed by atoms with Crippen molar-refractivity contribution in [2.24, 2.45) is 0 Å². The van der Waals surface area contributed by atoms with Crippen molar-refractivity contribution < 1.29 is 14.2 Å². The van der Waals surface area contributed by atoms with E-state index < -0.39 is 0 Å². The second-order valence-corrected chi connectivity index (χ2v) is 2.17. The maximum absolute atomic E-state index is 5.12. The van der Waals surface area contributed by atoms with Crippen LogP contribution >= 0.6 is 0 Å². The molecule has 0 atom stereocenters. The van der Waals surface area contributed by atoms with Crippen molar-refractivity contribution in [2.75, 3.05) is 47.6 Å². The predicted octanol–water partition coefficient (Wildman–Crippen LogP) is -0.652. The molecule has 12 heavy (non-hydrogen) atoms. The van der Waals surface area contributed by atoms with Gasteiger partial charge in [0.1, 0.15) is 0 Å². The zero-order valence-corrected chi connectivity index (χ0v) is 7.76. The van der Waals surface area contributed by atoms with E-state index in [1.54, 1.807) is 14.2 Å². The molecule has 0 saturated carbocycles. The molecule has 0 heterocycles. The Labute approximate surface area is 73.4 Å². The molecule has 74 valence electrons. The topological polar surface area (TPSA) is 51.8 Å². The van der Waals surface area contributed by atoms with Gasteiger partial charge in [-0.25, -0.2) is 0 Å². The van der Waals surface area contributed by atoms with Crippen LogP contribution in [-0.4, -0.2) is 47.6 Å². The first-order valence-corrected chi connectivity index (χ1v) is 3.89. The molecule has 5 heteroatoms. The maximum Gasteiger partial charge on any atom is 0.1000 e. The van der Waals surface area contributed by atoms with E-state index in [-0.39, 0.29) is 0 Å². The molecule has 0 saturated heterocycles. The fourth-order valence-electron chi connectivity index (χ4n) is 0.585. The fraction of sp³-hybridized carbons (Fsp3) is 1.00. The van der Waals surface area contributed by atoms with Gasteiger partial charge in [-0.15, -0.1) is 0 Å². The molecular formula is C7H18N2O3. The van der Waals surface area contributed by atoms with Crippen LogP contribution in [0.1, 0.15) is 0 Å².